The molecule has 0 bridgehead atoms. The van der Waals surface area contributed by atoms with Crippen molar-refractivity contribution in [1.82, 2.24) is 9.38 Å². The number of carboxylic acid groups (broad SMARTS) is 1. The first-order chi connectivity index (χ1) is 10.6. The number of carbonyl (C=O) groups is 1. The van der Waals surface area contributed by atoms with Crippen molar-refractivity contribution >= 4 is 17.4 Å². The number of rotatable bonds is 3. The Kier molecular flexibility index (Phi) is 3.49. The molecule has 1 fully saturated rings. The van der Waals surface area contributed by atoms with Gasteiger partial charge in [-0.15, -0.1) is 0 Å². The number of nitriles is 1. The average Bonchev–Trinajstić information content (AvgIpc) is 2.93. The fourth-order valence-electron chi connectivity index (χ4n) is 3.23. The summed E-state index contributed by atoms with van der Waals surface area (Å²) in [6.45, 7) is 3.04. The second kappa shape index (κ2) is 5.34. The van der Waals surface area contributed by atoms with Crippen molar-refractivity contribution in [3.63, 3.8) is 0 Å². The van der Waals surface area contributed by atoms with Crippen LogP contribution in [0.25, 0.3) is 5.65 Å². The maximum atomic E-state index is 11.7. The van der Waals surface area contributed by atoms with Crippen molar-refractivity contribution in [3.8, 4) is 6.07 Å². The smallest absolute Gasteiger partial charge is 0.311 e. The summed E-state index contributed by atoms with van der Waals surface area (Å²) < 4.78 is 1.75. The normalized spacial score (nSPS) is 21.7. The predicted octanol–water partition coefficient (Wildman–Crippen LogP) is 2.29. The van der Waals surface area contributed by atoms with Gasteiger partial charge >= 0.3 is 5.97 Å². The fraction of sp³-hybridized carbons (Fsp3) is 0.438. The Balaban J connectivity index is 2.04. The van der Waals surface area contributed by atoms with Crippen LogP contribution in [0.1, 0.15) is 31.9 Å². The Bertz CT molecular complexity index is 761. The third-order valence-electron chi connectivity index (χ3n) is 4.62. The van der Waals surface area contributed by atoms with Crippen molar-refractivity contribution < 1.29 is 9.90 Å². The zero-order chi connectivity index (χ0) is 15.7. The number of piperidine rings is 1. The highest BCUT2D eigenvalue weighted by Gasteiger charge is 2.42. The van der Waals surface area contributed by atoms with Crippen LogP contribution in [0, 0.1) is 16.7 Å². The number of anilines is 1. The van der Waals surface area contributed by atoms with Crippen molar-refractivity contribution in [2.45, 2.75) is 26.2 Å². The van der Waals surface area contributed by atoms with Crippen LogP contribution in [-0.4, -0.2) is 33.6 Å². The van der Waals surface area contributed by atoms with E-state index in [1.807, 2.05) is 30.0 Å². The summed E-state index contributed by atoms with van der Waals surface area (Å²) in [6, 6.07) is 7.77. The Morgan fingerprint density at radius 1 is 1.55 bits per heavy atom. The monoisotopic (exact) mass is 298 g/mol. The average molecular weight is 298 g/mol. The van der Waals surface area contributed by atoms with Crippen LogP contribution < -0.4 is 4.90 Å². The molecule has 0 radical (unpaired) electrons. The van der Waals surface area contributed by atoms with Gasteiger partial charge in [0.2, 0.25) is 0 Å². The van der Waals surface area contributed by atoms with E-state index in [0.717, 1.165) is 13.0 Å². The molecule has 0 spiro atoms. The van der Waals surface area contributed by atoms with Crippen molar-refractivity contribution in [2.75, 3.05) is 18.0 Å². The number of imidazole rings is 1. The third-order valence-corrected chi connectivity index (χ3v) is 4.62. The number of aliphatic carboxylic acids is 1. The van der Waals surface area contributed by atoms with Gasteiger partial charge in [0.1, 0.15) is 11.7 Å². The van der Waals surface area contributed by atoms with E-state index in [1.165, 1.54) is 0 Å². The second-order valence-electron chi connectivity index (χ2n) is 5.79. The Morgan fingerprint density at radius 2 is 2.36 bits per heavy atom. The predicted molar refractivity (Wildman–Crippen MR) is 81.7 cm³/mol. The zero-order valence-electron chi connectivity index (χ0n) is 12.5. The highest BCUT2D eigenvalue weighted by atomic mass is 16.4. The van der Waals surface area contributed by atoms with E-state index in [0.29, 0.717) is 36.5 Å². The van der Waals surface area contributed by atoms with Gasteiger partial charge in [-0.2, -0.15) is 5.26 Å². The molecule has 3 heterocycles. The summed E-state index contributed by atoms with van der Waals surface area (Å²) in [5.74, 6) is -0.172. The molecule has 1 atom stereocenters. The number of pyridine rings is 1. The summed E-state index contributed by atoms with van der Waals surface area (Å²) in [5.41, 5.74) is 0.422. The summed E-state index contributed by atoms with van der Waals surface area (Å²) in [4.78, 5) is 18.2. The molecule has 6 nitrogen and oxygen atoms in total. The largest absolute Gasteiger partial charge is 0.481 e. The molecule has 1 aliphatic rings. The van der Waals surface area contributed by atoms with E-state index in [2.05, 4.69) is 11.1 Å². The van der Waals surface area contributed by atoms with E-state index < -0.39 is 11.4 Å². The number of nitrogens with zero attached hydrogens (tertiary/aromatic N) is 4. The maximum Gasteiger partial charge on any atom is 0.311 e. The summed E-state index contributed by atoms with van der Waals surface area (Å²) in [6.07, 6.45) is 3.84. The zero-order valence-corrected chi connectivity index (χ0v) is 12.5. The number of hydrogen-bond acceptors (Lipinski definition) is 4. The molecule has 1 aliphatic heterocycles. The number of carboxylic acids is 1. The maximum absolute atomic E-state index is 11.7. The Hall–Kier alpha value is -2.55. The van der Waals surface area contributed by atoms with Gasteiger partial charge in [-0.05, 0) is 31.4 Å². The summed E-state index contributed by atoms with van der Waals surface area (Å²) >= 11 is 0. The van der Waals surface area contributed by atoms with E-state index in [9.17, 15) is 15.2 Å². The van der Waals surface area contributed by atoms with Gasteiger partial charge in [0, 0.05) is 19.3 Å². The topological polar surface area (TPSA) is 81.6 Å². The lowest BCUT2D eigenvalue weighted by atomic mass is 9.77. The van der Waals surface area contributed by atoms with Gasteiger partial charge < -0.3 is 10.0 Å². The van der Waals surface area contributed by atoms with Crippen LogP contribution in [0.4, 0.5) is 5.82 Å². The minimum Gasteiger partial charge on any atom is -0.481 e. The van der Waals surface area contributed by atoms with E-state index >= 15 is 0 Å². The molecule has 0 saturated carbocycles. The lowest BCUT2D eigenvalue weighted by molar-refractivity contribution is -0.149. The van der Waals surface area contributed by atoms with E-state index in [1.54, 1.807) is 10.6 Å². The van der Waals surface area contributed by atoms with Gasteiger partial charge in [0.15, 0.2) is 11.5 Å². The quantitative estimate of drug-likeness (QED) is 0.940. The molecular weight excluding hydrogens is 280 g/mol. The summed E-state index contributed by atoms with van der Waals surface area (Å²) in [7, 11) is 0. The minimum absolute atomic E-state index is 0.400. The molecule has 1 N–H and O–H groups in total. The molecule has 114 valence electrons. The number of aromatic nitrogens is 2. The highest BCUT2D eigenvalue weighted by Crippen LogP contribution is 2.36. The molecule has 2 aromatic heterocycles. The molecule has 1 saturated heterocycles. The van der Waals surface area contributed by atoms with Crippen LogP contribution in [0.15, 0.2) is 24.4 Å². The van der Waals surface area contributed by atoms with Crippen LogP contribution in [0.3, 0.4) is 0 Å². The van der Waals surface area contributed by atoms with Crippen LogP contribution >= 0.6 is 0 Å². The van der Waals surface area contributed by atoms with Gasteiger partial charge in [-0.1, -0.05) is 13.0 Å². The Morgan fingerprint density at radius 3 is 3.05 bits per heavy atom. The van der Waals surface area contributed by atoms with E-state index in [-0.39, 0.29) is 0 Å². The first-order valence-electron chi connectivity index (χ1n) is 7.47. The molecule has 22 heavy (non-hydrogen) atoms. The first-order valence-corrected chi connectivity index (χ1v) is 7.47. The van der Waals surface area contributed by atoms with Crippen LogP contribution in [0.5, 0.6) is 0 Å². The van der Waals surface area contributed by atoms with Crippen LogP contribution in [0.2, 0.25) is 0 Å². The molecular formula is C16H18N4O2. The van der Waals surface area contributed by atoms with Crippen molar-refractivity contribution in [2.24, 2.45) is 5.41 Å². The Labute approximate surface area is 128 Å². The lowest BCUT2D eigenvalue weighted by Gasteiger charge is -2.39. The second-order valence-corrected chi connectivity index (χ2v) is 5.79. The highest BCUT2D eigenvalue weighted by molar-refractivity contribution is 5.76. The SMILES string of the molecule is CCC1(C(=O)O)CCCN(c2nc3ccccn3c2C#N)C1. The third kappa shape index (κ3) is 2.10. The molecule has 1 unspecified atom stereocenters. The molecule has 0 aromatic carbocycles. The van der Waals surface area contributed by atoms with Gasteiger partial charge in [-0.25, -0.2) is 4.98 Å². The summed E-state index contributed by atoms with van der Waals surface area (Å²) in [5, 5.41) is 19.1. The standard InChI is InChI=1S/C16H18N4O2/c1-2-16(15(21)22)7-5-8-19(11-16)14-12(10-17)20-9-4-3-6-13(20)18-14/h3-4,6,9H,2,5,7-8,11H2,1H3,(H,21,22). The van der Waals surface area contributed by atoms with E-state index in [4.69, 9.17) is 0 Å². The first kappa shape index (κ1) is 14.4. The molecule has 0 amide bonds. The number of hydrogen-bond donors (Lipinski definition) is 1. The van der Waals surface area contributed by atoms with Crippen molar-refractivity contribution in [3.05, 3.63) is 30.1 Å². The molecule has 2 aromatic rings. The van der Waals surface area contributed by atoms with Gasteiger partial charge in [0.25, 0.3) is 0 Å². The molecule has 0 aliphatic carbocycles. The molecule has 6 heteroatoms. The number of fused-ring (bicyclic) bond motifs is 1. The van der Waals surface area contributed by atoms with Crippen LogP contribution in [-0.2, 0) is 4.79 Å². The minimum atomic E-state index is -0.762. The van der Waals surface area contributed by atoms with Crippen molar-refractivity contribution in [1.29, 1.82) is 5.26 Å². The lowest BCUT2D eigenvalue weighted by Crippen LogP contribution is -2.48. The van der Waals surface area contributed by atoms with Gasteiger partial charge in [0.05, 0.1) is 5.41 Å². The molecule has 3 rings (SSSR count). The van der Waals surface area contributed by atoms with Gasteiger partial charge in [-0.3, -0.25) is 9.20 Å². The fourth-order valence-corrected chi connectivity index (χ4v) is 3.23.